The normalized spacial score (nSPS) is 13.3. The van der Waals surface area contributed by atoms with Crippen molar-refractivity contribution in [1.29, 1.82) is 0 Å². The molecule has 0 saturated carbocycles. The fraction of sp³-hybridized carbons (Fsp3) is 0.0526. The van der Waals surface area contributed by atoms with E-state index in [1.54, 1.807) is 0 Å². The zero-order valence-corrected chi connectivity index (χ0v) is 12.1. The van der Waals surface area contributed by atoms with Crippen LogP contribution in [0, 0.1) is 4.91 Å². The third kappa shape index (κ3) is 3.20. The summed E-state index contributed by atoms with van der Waals surface area (Å²) in [6.45, 7) is 0.802. The molecule has 2 aromatic rings. The Balaban J connectivity index is 1.79. The SMILES string of the molecule is O=NC(=C1C=CN(Cc2ccccc2)C=C1)c1ccccc1. The summed E-state index contributed by atoms with van der Waals surface area (Å²) in [6.07, 6.45) is 7.78. The fourth-order valence-corrected chi connectivity index (χ4v) is 2.38. The number of allylic oxidation sites excluding steroid dienone is 3. The molecule has 1 heterocycles. The Morgan fingerprint density at radius 1 is 0.864 bits per heavy atom. The number of hydrogen-bond donors (Lipinski definition) is 0. The van der Waals surface area contributed by atoms with Crippen LogP contribution in [-0.4, -0.2) is 4.90 Å². The Morgan fingerprint density at radius 3 is 2.05 bits per heavy atom. The van der Waals surface area contributed by atoms with E-state index < -0.39 is 0 Å². The minimum absolute atomic E-state index is 0.465. The molecule has 22 heavy (non-hydrogen) atoms. The molecule has 0 spiro atoms. The van der Waals surface area contributed by atoms with Crippen LogP contribution in [0.4, 0.5) is 0 Å². The van der Waals surface area contributed by atoms with Gasteiger partial charge in [-0.05, 0) is 22.9 Å². The lowest BCUT2D eigenvalue weighted by Crippen LogP contribution is -2.11. The van der Waals surface area contributed by atoms with Crippen LogP contribution in [0.3, 0.4) is 0 Å². The molecule has 1 aliphatic rings. The summed E-state index contributed by atoms with van der Waals surface area (Å²) in [6, 6.07) is 19.8. The van der Waals surface area contributed by atoms with Crippen LogP contribution < -0.4 is 0 Å². The monoisotopic (exact) mass is 288 g/mol. The summed E-state index contributed by atoms with van der Waals surface area (Å²) < 4.78 is 0. The van der Waals surface area contributed by atoms with Crippen LogP contribution in [-0.2, 0) is 6.54 Å². The smallest absolute Gasteiger partial charge is 0.122 e. The van der Waals surface area contributed by atoms with E-state index in [1.165, 1.54) is 5.56 Å². The highest BCUT2D eigenvalue weighted by Crippen LogP contribution is 2.24. The quantitative estimate of drug-likeness (QED) is 0.763. The molecule has 3 nitrogen and oxygen atoms in total. The Hall–Kier alpha value is -2.94. The Kier molecular flexibility index (Phi) is 4.25. The van der Waals surface area contributed by atoms with Gasteiger partial charge in [-0.15, -0.1) is 4.91 Å². The van der Waals surface area contributed by atoms with Gasteiger partial charge in [0.05, 0.1) is 0 Å². The second-order valence-corrected chi connectivity index (χ2v) is 5.05. The van der Waals surface area contributed by atoms with Crippen molar-refractivity contribution in [3.63, 3.8) is 0 Å². The van der Waals surface area contributed by atoms with Crippen molar-refractivity contribution in [3.05, 3.63) is 107 Å². The van der Waals surface area contributed by atoms with Crippen LogP contribution in [0.2, 0.25) is 0 Å². The first-order chi connectivity index (χ1) is 10.9. The molecule has 0 N–H and O–H groups in total. The van der Waals surface area contributed by atoms with Crippen LogP contribution in [0.1, 0.15) is 11.1 Å². The maximum atomic E-state index is 11.2. The first-order valence-corrected chi connectivity index (χ1v) is 7.16. The molecule has 0 bridgehead atoms. The lowest BCUT2D eigenvalue weighted by Gasteiger charge is -2.19. The first-order valence-electron chi connectivity index (χ1n) is 7.16. The second kappa shape index (κ2) is 6.68. The van der Waals surface area contributed by atoms with E-state index in [0.29, 0.717) is 5.70 Å². The summed E-state index contributed by atoms with van der Waals surface area (Å²) >= 11 is 0. The molecule has 0 aliphatic carbocycles. The molecule has 0 unspecified atom stereocenters. The molecule has 0 aromatic heterocycles. The van der Waals surface area contributed by atoms with Crippen molar-refractivity contribution in [2.24, 2.45) is 5.18 Å². The van der Waals surface area contributed by atoms with Gasteiger partial charge in [-0.1, -0.05) is 60.7 Å². The van der Waals surface area contributed by atoms with Crippen molar-refractivity contribution in [1.82, 2.24) is 4.90 Å². The summed E-state index contributed by atoms with van der Waals surface area (Å²) in [4.78, 5) is 13.3. The number of nitrogens with zero attached hydrogens (tertiary/aromatic N) is 2. The summed E-state index contributed by atoms with van der Waals surface area (Å²) in [5, 5.41) is 3.20. The maximum Gasteiger partial charge on any atom is 0.122 e. The largest absolute Gasteiger partial charge is 0.350 e. The third-order valence-electron chi connectivity index (χ3n) is 3.51. The van der Waals surface area contributed by atoms with Gasteiger partial charge < -0.3 is 4.90 Å². The van der Waals surface area contributed by atoms with Crippen LogP contribution in [0.5, 0.6) is 0 Å². The predicted molar refractivity (Wildman–Crippen MR) is 89.4 cm³/mol. The maximum absolute atomic E-state index is 11.2. The van der Waals surface area contributed by atoms with Gasteiger partial charge >= 0.3 is 0 Å². The predicted octanol–water partition coefficient (Wildman–Crippen LogP) is 4.71. The van der Waals surface area contributed by atoms with Crippen LogP contribution in [0.15, 0.2) is 96.0 Å². The van der Waals surface area contributed by atoms with Gasteiger partial charge in [0.2, 0.25) is 0 Å². The van der Waals surface area contributed by atoms with Gasteiger partial charge in [0.25, 0.3) is 0 Å². The highest BCUT2D eigenvalue weighted by Gasteiger charge is 2.09. The molecule has 0 radical (unpaired) electrons. The number of benzene rings is 2. The van der Waals surface area contributed by atoms with Crippen molar-refractivity contribution in [3.8, 4) is 0 Å². The minimum atomic E-state index is 0.465. The first kappa shape index (κ1) is 14.0. The molecule has 2 aromatic carbocycles. The van der Waals surface area contributed by atoms with E-state index in [0.717, 1.165) is 17.7 Å². The van der Waals surface area contributed by atoms with Gasteiger partial charge in [0, 0.05) is 30.1 Å². The molecule has 0 amide bonds. The van der Waals surface area contributed by atoms with Gasteiger partial charge in [0.1, 0.15) is 5.70 Å². The van der Waals surface area contributed by atoms with E-state index in [2.05, 4.69) is 22.2 Å². The van der Waals surface area contributed by atoms with Crippen molar-refractivity contribution < 1.29 is 0 Å². The molecule has 3 heteroatoms. The molecule has 0 atom stereocenters. The Morgan fingerprint density at radius 2 is 1.45 bits per heavy atom. The Labute approximate surface area is 129 Å². The molecule has 3 rings (SSSR count). The summed E-state index contributed by atoms with van der Waals surface area (Å²) in [5.41, 5.74) is 3.36. The van der Waals surface area contributed by atoms with Crippen molar-refractivity contribution >= 4 is 5.70 Å². The van der Waals surface area contributed by atoms with E-state index in [4.69, 9.17) is 0 Å². The fourth-order valence-electron chi connectivity index (χ4n) is 2.38. The average molecular weight is 288 g/mol. The van der Waals surface area contributed by atoms with E-state index in [-0.39, 0.29) is 0 Å². The molecular weight excluding hydrogens is 272 g/mol. The van der Waals surface area contributed by atoms with E-state index in [9.17, 15) is 4.91 Å². The van der Waals surface area contributed by atoms with E-state index >= 15 is 0 Å². The van der Waals surface area contributed by atoms with Crippen LogP contribution in [0.25, 0.3) is 5.70 Å². The molecule has 108 valence electrons. The van der Waals surface area contributed by atoms with Gasteiger partial charge in [0.15, 0.2) is 0 Å². The summed E-state index contributed by atoms with van der Waals surface area (Å²) in [5.74, 6) is 0. The number of rotatable bonds is 4. The number of hydrogen-bond acceptors (Lipinski definition) is 3. The molecule has 1 aliphatic heterocycles. The molecule has 0 saturated heterocycles. The average Bonchev–Trinajstić information content (AvgIpc) is 2.59. The molecule has 0 fully saturated rings. The third-order valence-corrected chi connectivity index (χ3v) is 3.51. The molecular formula is C19H16N2O. The van der Waals surface area contributed by atoms with Gasteiger partial charge in [-0.3, -0.25) is 0 Å². The van der Waals surface area contributed by atoms with Crippen molar-refractivity contribution in [2.45, 2.75) is 6.54 Å². The zero-order valence-electron chi connectivity index (χ0n) is 12.1. The summed E-state index contributed by atoms with van der Waals surface area (Å²) in [7, 11) is 0. The van der Waals surface area contributed by atoms with Crippen molar-refractivity contribution in [2.75, 3.05) is 0 Å². The van der Waals surface area contributed by atoms with Gasteiger partial charge in [-0.2, -0.15) is 0 Å². The van der Waals surface area contributed by atoms with E-state index in [1.807, 2.05) is 73.1 Å². The number of nitroso groups, excluding NO2 is 1. The minimum Gasteiger partial charge on any atom is -0.350 e. The highest BCUT2D eigenvalue weighted by atomic mass is 16.3. The standard InChI is InChI=1S/C19H16N2O/c22-20-19(17-9-5-2-6-10-17)18-11-13-21(14-12-18)15-16-7-3-1-4-8-16/h1-14H,15H2. The van der Waals surface area contributed by atoms with Gasteiger partial charge in [-0.25, -0.2) is 0 Å². The topological polar surface area (TPSA) is 32.7 Å². The van der Waals surface area contributed by atoms with Crippen LogP contribution >= 0.6 is 0 Å². The lowest BCUT2D eigenvalue weighted by atomic mass is 10.1. The lowest BCUT2D eigenvalue weighted by molar-refractivity contribution is 0.497. The highest BCUT2D eigenvalue weighted by molar-refractivity contribution is 5.72. The second-order valence-electron chi connectivity index (χ2n) is 5.05. The Bertz CT molecular complexity index is 715. The zero-order chi connectivity index (χ0) is 15.2.